The highest BCUT2D eigenvalue weighted by Gasteiger charge is 2.23. The van der Waals surface area contributed by atoms with E-state index in [1.165, 1.54) is 0 Å². The van der Waals surface area contributed by atoms with Gasteiger partial charge < -0.3 is 32.8 Å². The molecule has 0 aliphatic carbocycles. The minimum absolute atomic E-state index is 0.0864. The normalized spacial score (nSPS) is 13.6. The second kappa shape index (κ2) is 21.6. The molecular weight excluding hydrogens is 666 g/mol. The van der Waals surface area contributed by atoms with Crippen molar-refractivity contribution >= 4 is 37.0 Å². The highest BCUT2D eigenvalue weighted by molar-refractivity contribution is 7.56. The minimum Gasteiger partial charge on any atom is -0.493 e. The van der Waals surface area contributed by atoms with Gasteiger partial charge in [0.25, 0.3) is 15.0 Å². The monoisotopic (exact) mass is 724 g/mol. The summed E-state index contributed by atoms with van der Waals surface area (Å²) in [6.45, 7) is 13.6. The molecule has 2 heterocycles. The van der Waals surface area contributed by atoms with E-state index in [2.05, 4.69) is 17.1 Å². The van der Waals surface area contributed by atoms with Gasteiger partial charge >= 0.3 is 0 Å². The van der Waals surface area contributed by atoms with Crippen molar-refractivity contribution in [3.8, 4) is 11.5 Å². The first-order valence-corrected chi connectivity index (χ1v) is 20.8. The van der Waals surface area contributed by atoms with Crippen molar-refractivity contribution in [3.63, 3.8) is 0 Å². The van der Waals surface area contributed by atoms with Crippen molar-refractivity contribution in [2.75, 3.05) is 39.6 Å². The fourth-order valence-electron chi connectivity index (χ4n) is 4.83. The average molecular weight is 725 g/mol. The summed E-state index contributed by atoms with van der Waals surface area (Å²) in [6.07, 6.45) is 6.43. The summed E-state index contributed by atoms with van der Waals surface area (Å²) in [4.78, 5) is 9.22. The van der Waals surface area contributed by atoms with Crippen molar-refractivity contribution in [2.45, 2.75) is 93.3 Å². The predicted octanol–water partition coefficient (Wildman–Crippen LogP) is 9.47. The Morgan fingerprint density at radius 1 is 0.694 bits per heavy atom. The van der Waals surface area contributed by atoms with Gasteiger partial charge in [0.05, 0.1) is 14.2 Å². The largest absolute Gasteiger partial charge is 0.493 e. The first kappa shape index (κ1) is 42.5. The van der Waals surface area contributed by atoms with E-state index in [1.807, 2.05) is 71.0 Å². The molecule has 4 rings (SSSR count). The molecule has 0 aliphatic heterocycles. The van der Waals surface area contributed by atoms with E-state index >= 15 is 0 Å². The van der Waals surface area contributed by atoms with Crippen LogP contribution < -0.4 is 19.6 Å². The number of rotatable bonds is 18. The number of ether oxygens (including phenoxy) is 2. The second-order valence-electron chi connectivity index (χ2n) is 12.0. The van der Waals surface area contributed by atoms with Crippen LogP contribution in [0.4, 0.5) is 0 Å². The van der Waals surface area contributed by atoms with E-state index in [-0.39, 0.29) is 13.2 Å². The molecule has 0 spiro atoms. The van der Waals surface area contributed by atoms with Gasteiger partial charge in [0.2, 0.25) is 0 Å². The van der Waals surface area contributed by atoms with Crippen LogP contribution in [0, 0.1) is 13.8 Å². The smallest absolute Gasteiger partial charge is 0.270 e. The van der Waals surface area contributed by atoms with Gasteiger partial charge in [-0.05, 0) is 87.1 Å². The number of methoxy groups -OCH3 is 2. The van der Waals surface area contributed by atoms with E-state index in [4.69, 9.17) is 27.9 Å². The minimum atomic E-state index is -2.98. The van der Waals surface area contributed by atoms with Crippen LogP contribution >= 0.6 is 15.0 Å². The van der Waals surface area contributed by atoms with Crippen molar-refractivity contribution in [1.82, 2.24) is 10.2 Å². The van der Waals surface area contributed by atoms with E-state index in [0.717, 1.165) is 60.4 Å². The molecule has 11 nitrogen and oxygen atoms in total. The Bertz CT molecular complexity index is 1630. The zero-order valence-electron chi connectivity index (χ0n) is 30.6. The molecule has 0 aliphatic rings. The number of aryl methyl sites for hydroxylation is 2. The Kier molecular flexibility index (Phi) is 18.7. The number of aliphatic hydroxyl groups excluding tert-OH is 1. The van der Waals surface area contributed by atoms with Gasteiger partial charge in [0, 0.05) is 36.2 Å². The Morgan fingerprint density at radius 2 is 1.18 bits per heavy atom. The number of hydrogen-bond donors (Lipinski definition) is 4. The van der Waals surface area contributed by atoms with Gasteiger partial charge in [-0.2, -0.15) is 0 Å². The number of benzene rings is 2. The summed E-state index contributed by atoms with van der Waals surface area (Å²) in [5.41, 5.74) is 3.61. The van der Waals surface area contributed by atoms with Crippen LogP contribution in [-0.2, 0) is 26.9 Å². The topological polar surface area (TPSA) is 153 Å². The Morgan fingerprint density at radius 3 is 1.67 bits per heavy atom. The van der Waals surface area contributed by atoms with Gasteiger partial charge in [-0.3, -0.25) is 9.13 Å². The van der Waals surface area contributed by atoms with Crippen molar-refractivity contribution in [2.24, 2.45) is 0 Å². The molecule has 0 amide bonds. The number of fused-ring (bicyclic) bond motifs is 2. The van der Waals surface area contributed by atoms with E-state index < -0.39 is 15.0 Å². The molecule has 13 heteroatoms. The van der Waals surface area contributed by atoms with E-state index in [1.54, 1.807) is 14.2 Å². The lowest BCUT2D eigenvalue weighted by Crippen LogP contribution is -2.16. The van der Waals surface area contributed by atoms with E-state index in [9.17, 15) is 14.0 Å². The molecule has 4 aromatic rings. The molecule has 0 bridgehead atoms. The number of furan rings is 2. The molecule has 0 saturated carbocycles. The van der Waals surface area contributed by atoms with Gasteiger partial charge in [0.15, 0.2) is 22.7 Å². The third-order valence-electron chi connectivity index (χ3n) is 7.40. The molecule has 2 aromatic heterocycles. The summed E-state index contributed by atoms with van der Waals surface area (Å²) in [5.74, 6) is 2.63. The highest BCUT2D eigenvalue weighted by Crippen LogP contribution is 2.44. The molecule has 276 valence electrons. The van der Waals surface area contributed by atoms with Crippen LogP contribution in [0.1, 0.15) is 88.9 Å². The lowest BCUT2D eigenvalue weighted by Gasteiger charge is -2.18. The van der Waals surface area contributed by atoms with Crippen LogP contribution in [0.25, 0.3) is 21.9 Å². The van der Waals surface area contributed by atoms with Crippen LogP contribution in [-0.4, -0.2) is 49.6 Å². The van der Waals surface area contributed by atoms with Crippen LogP contribution in [0.3, 0.4) is 0 Å². The van der Waals surface area contributed by atoms with Gasteiger partial charge in [-0.25, -0.2) is 10.2 Å². The zero-order valence-corrected chi connectivity index (χ0v) is 32.4. The molecular formula is C36H58N2O9P2. The van der Waals surface area contributed by atoms with Crippen molar-refractivity contribution in [3.05, 3.63) is 59.0 Å². The summed E-state index contributed by atoms with van der Waals surface area (Å²) >= 11 is 0. The highest BCUT2D eigenvalue weighted by atomic mass is 31.2. The van der Waals surface area contributed by atoms with Crippen LogP contribution in [0.2, 0.25) is 0 Å². The average Bonchev–Trinajstić information content (AvgIpc) is 3.71. The lowest BCUT2D eigenvalue weighted by molar-refractivity contribution is 0.250. The molecule has 2 atom stereocenters. The van der Waals surface area contributed by atoms with Gasteiger partial charge in [-0.1, -0.05) is 40.5 Å². The Hall–Kier alpha value is -2.62. The first-order valence-electron chi connectivity index (χ1n) is 17.2. The number of aliphatic hydroxyl groups is 1. The third kappa shape index (κ3) is 14.3. The number of nitrogens with one attached hydrogen (secondary N) is 2. The lowest BCUT2D eigenvalue weighted by atomic mass is 10.1. The maximum atomic E-state index is 12.9. The quantitative estimate of drug-likeness (QED) is 0.0726. The molecule has 2 unspecified atom stereocenters. The summed E-state index contributed by atoms with van der Waals surface area (Å²) in [6, 6.07) is 11.6. The Labute approximate surface area is 292 Å². The van der Waals surface area contributed by atoms with Crippen LogP contribution in [0.15, 0.2) is 45.2 Å². The molecule has 2 aromatic carbocycles. The second-order valence-corrected chi connectivity index (χ2v) is 16.5. The van der Waals surface area contributed by atoms with Gasteiger partial charge in [-0.15, -0.1) is 0 Å². The standard InChI is InChI=1S/C18H28NO4P.C11H12O3.C7H18NO2P/c1-5-7-9-24(20,19-8-6-2)22-13-16-12-15-10-14(3)11-17(21-4)18(15)23-16;1-7-3-8-5-9(6-12)14-11(8)10(4-7)13-2;1-3-5-7-11(9,10)8-6-4-2/h10-12H,5-9,13H2,1-4H3,(H,19,20);3-5,12H,6H2,1-2H3;3-7H2,1-2H3,(H2,8,9,10). The summed E-state index contributed by atoms with van der Waals surface area (Å²) in [5, 5.41) is 16.6. The van der Waals surface area contributed by atoms with E-state index in [0.29, 0.717) is 59.6 Å². The maximum absolute atomic E-state index is 12.9. The van der Waals surface area contributed by atoms with Crippen molar-refractivity contribution in [1.29, 1.82) is 0 Å². The molecule has 0 fully saturated rings. The van der Waals surface area contributed by atoms with Gasteiger partial charge in [0.1, 0.15) is 24.7 Å². The molecule has 0 saturated heterocycles. The maximum Gasteiger partial charge on any atom is 0.270 e. The fourth-order valence-corrected chi connectivity index (χ4v) is 8.32. The Balaban J connectivity index is 0.000000282. The predicted molar refractivity (Wildman–Crippen MR) is 199 cm³/mol. The molecule has 4 N–H and O–H groups in total. The van der Waals surface area contributed by atoms with Crippen LogP contribution in [0.5, 0.6) is 11.5 Å². The fraction of sp³-hybridized carbons (Fsp3) is 0.556. The third-order valence-corrected chi connectivity index (χ3v) is 11.2. The first-order chi connectivity index (χ1) is 23.4. The molecule has 49 heavy (non-hydrogen) atoms. The van der Waals surface area contributed by atoms with Crippen molar-refractivity contribution < 1.29 is 42.0 Å². The number of hydrogen-bond acceptors (Lipinski definition) is 8. The summed E-state index contributed by atoms with van der Waals surface area (Å²) < 4.78 is 51.7. The number of unbranched alkanes of at least 4 members (excludes halogenated alkanes) is 2. The SMILES string of the molecule is CCCCP(=O)(NCCC)OCc1cc2cc(C)cc(OC)c2o1.CCCCP(=O)(O)NCCC.COc1cc(C)cc2cc(CO)oc12. The zero-order chi connectivity index (χ0) is 36.5. The summed E-state index contributed by atoms with van der Waals surface area (Å²) in [7, 11) is -2.57. The molecule has 0 radical (unpaired) electrons.